The zero-order valence-electron chi connectivity index (χ0n) is 14.6. The second kappa shape index (κ2) is 8.30. The highest BCUT2D eigenvalue weighted by Gasteiger charge is 2.15. The normalized spacial score (nSPS) is 10.5. The Labute approximate surface area is 152 Å². The highest BCUT2D eigenvalue weighted by Crippen LogP contribution is 2.34. The van der Waals surface area contributed by atoms with Crippen LogP contribution < -0.4 is 9.47 Å². The first-order valence-electron chi connectivity index (χ1n) is 8.68. The molecular weight excluding hydrogens is 328 g/mol. The van der Waals surface area contributed by atoms with Gasteiger partial charge in [0, 0.05) is 6.42 Å². The van der Waals surface area contributed by atoms with Gasteiger partial charge in [-0.2, -0.15) is 0 Å². The highest BCUT2D eigenvalue weighted by molar-refractivity contribution is 5.99. The molecule has 26 heavy (non-hydrogen) atoms. The minimum Gasteiger partial charge on any atom is -0.426 e. The third-order valence-electron chi connectivity index (χ3n) is 4.00. The molecule has 0 unspecified atom stereocenters. The van der Waals surface area contributed by atoms with Crippen LogP contribution in [0.25, 0.3) is 10.8 Å². The monoisotopic (exact) mass is 348 g/mol. The van der Waals surface area contributed by atoms with Crippen molar-refractivity contribution in [2.75, 3.05) is 0 Å². The van der Waals surface area contributed by atoms with Gasteiger partial charge in [0.25, 0.3) is 0 Å². The summed E-state index contributed by atoms with van der Waals surface area (Å²) in [6.07, 6.45) is 2.06. The van der Waals surface area contributed by atoms with Gasteiger partial charge < -0.3 is 9.47 Å². The molecule has 0 bridgehead atoms. The van der Waals surface area contributed by atoms with Gasteiger partial charge in [0.05, 0.1) is 10.9 Å². The van der Waals surface area contributed by atoms with Crippen LogP contribution >= 0.6 is 0 Å². The number of ether oxygens (including phenoxy) is 2. The van der Waals surface area contributed by atoms with Crippen molar-refractivity contribution in [1.82, 2.24) is 0 Å². The summed E-state index contributed by atoms with van der Waals surface area (Å²) in [5.74, 6) is 0.0315. The van der Waals surface area contributed by atoms with Crippen LogP contribution in [0, 0.1) is 0 Å². The molecule has 4 heteroatoms. The Morgan fingerprint density at radius 1 is 0.808 bits per heavy atom. The largest absolute Gasteiger partial charge is 0.426 e. The molecule has 0 aromatic heterocycles. The number of hydrogen-bond acceptors (Lipinski definition) is 4. The van der Waals surface area contributed by atoms with E-state index in [1.165, 1.54) is 0 Å². The molecule has 0 heterocycles. The molecule has 0 atom stereocenters. The van der Waals surface area contributed by atoms with Crippen LogP contribution in [-0.4, -0.2) is 11.9 Å². The van der Waals surface area contributed by atoms with Crippen molar-refractivity contribution in [3.8, 4) is 11.5 Å². The number of esters is 2. The lowest BCUT2D eigenvalue weighted by molar-refractivity contribution is -0.134. The average molecular weight is 348 g/mol. The van der Waals surface area contributed by atoms with Crippen LogP contribution in [0.2, 0.25) is 0 Å². The summed E-state index contributed by atoms with van der Waals surface area (Å²) in [6, 6.07) is 19.6. The number of carbonyl (C=O) groups is 2. The number of benzene rings is 3. The summed E-state index contributed by atoms with van der Waals surface area (Å²) in [5, 5.41) is 1.45. The zero-order valence-corrected chi connectivity index (χ0v) is 14.6. The Morgan fingerprint density at radius 2 is 1.46 bits per heavy atom. The van der Waals surface area contributed by atoms with Crippen LogP contribution in [0.1, 0.15) is 36.5 Å². The summed E-state index contributed by atoms with van der Waals surface area (Å²) < 4.78 is 11.1. The molecule has 3 aromatic carbocycles. The van der Waals surface area contributed by atoms with Gasteiger partial charge in [-0.05, 0) is 36.1 Å². The first-order valence-corrected chi connectivity index (χ1v) is 8.68. The van der Waals surface area contributed by atoms with E-state index >= 15 is 0 Å². The van der Waals surface area contributed by atoms with Gasteiger partial charge in [0.1, 0.15) is 11.5 Å². The highest BCUT2D eigenvalue weighted by atomic mass is 16.5. The smallest absolute Gasteiger partial charge is 0.343 e. The molecule has 3 rings (SSSR count). The van der Waals surface area contributed by atoms with Crippen LogP contribution in [0.15, 0.2) is 66.7 Å². The molecule has 4 nitrogen and oxygen atoms in total. The molecule has 0 saturated carbocycles. The van der Waals surface area contributed by atoms with Crippen LogP contribution in [0.3, 0.4) is 0 Å². The molecule has 0 aliphatic rings. The summed E-state index contributed by atoms with van der Waals surface area (Å²) in [6.45, 7) is 2.02. The van der Waals surface area contributed by atoms with Gasteiger partial charge in [-0.3, -0.25) is 4.79 Å². The summed E-state index contributed by atoms with van der Waals surface area (Å²) >= 11 is 0. The van der Waals surface area contributed by atoms with E-state index in [-0.39, 0.29) is 5.97 Å². The topological polar surface area (TPSA) is 52.6 Å². The third-order valence-corrected chi connectivity index (χ3v) is 4.00. The first kappa shape index (κ1) is 17.7. The number of rotatable bonds is 6. The van der Waals surface area contributed by atoms with Crippen molar-refractivity contribution in [3.63, 3.8) is 0 Å². The molecule has 0 saturated heterocycles. The molecule has 0 N–H and O–H groups in total. The molecule has 0 fully saturated rings. The molecule has 0 aliphatic heterocycles. The number of fused-ring (bicyclic) bond motifs is 1. The fourth-order valence-corrected chi connectivity index (χ4v) is 2.67. The van der Waals surface area contributed by atoms with E-state index in [1.807, 2.05) is 31.2 Å². The van der Waals surface area contributed by atoms with E-state index in [0.717, 1.165) is 18.2 Å². The third kappa shape index (κ3) is 4.09. The number of hydrogen-bond donors (Lipinski definition) is 0. The van der Waals surface area contributed by atoms with E-state index in [2.05, 4.69) is 0 Å². The van der Waals surface area contributed by atoms with E-state index < -0.39 is 5.97 Å². The fraction of sp³-hybridized carbons (Fsp3) is 0.182. The van der Waals surface area contributed by atoms with Crippen molar-refractivity contribution >= 4 is 22.7 Å². The Kier molecular flexibility index (Phi) is 5.64. The predicted molar refractivity (Wildman–Crippen MR) is 101 cm³/mol. The van der Waals surface area contributed by atoms with Crippen molar-refractivity contribution in [3.05, 3.63) is 72.3 Å². The van der Waals surface area contributed by atoms with Crippen molar-refractivity contribution < 1.29 is 19.1 Å². The average Bonchev–Trinajstić information content (AvgIpc) is 2.67. The molecule has 3 aromatic rings. The van der Waals surface area contributed by atoms with Gasteiger partial charge in [0.15, 0.2) is 0 Å². The Balaban J connectivity index is 1.93. The number of unbranched alkanes of at least 4 members (excludes halogenated alkanes) is 1. The van der Waals surface area contributed by atoms with Crippen molar-refractivity contribution in [2.45, 2.75) is 26.2 Å². The van der Waals surface area contributed by atoms with E-state index in [4.69, 9.17) is 9.47 Å². The summed E-state index contributed by atoms with van der Waals surface area (Å²) in [5.41, 5.74) is 0.460. The summed E-state index contributed by atoms with van der Waals surface area (Å²) in [7, 11) is 0. The van der Waals surface area contributed by atoms with Gasteiger partial charge in [-0.25, -0.2) is 4.79 Å². The van der Waals surface area contributed by atoms with E-state index in [1.54, 1.807) is 42.5 Å². The maximum absolute atomic E-state index is 12.4. The maximum atomic E-state index is 12.4. The summed E-state index contributed by atoms with van der Waals surface area (Å²) in [4.78, 5) is 24.4. The molecule has 132 valence electrons. The van der Waals surface area contributed by atoms with Crippen molar-refractivity contribution in [1.29, 1.82) is 0 Å². The van der Waals surface area contributed by atoms with E-state index in [0.29, 0.717) is 28.9 Å². The maximum Gasteiger partial charge on any atom is 0.343 e. The van der Waals surface area contributed by atoms with Gasteiger partial charge in [0.2, 0.25) is 0 Å². The second-order valence-corrected chi connectivity index (χ2v) is 5.94. The lowest BCUT2D eigenvalue weighted by Gasteiger charge is -2.12. The minimum absolute atomic E-state index is 0.288. The minimum atomic E-state index is -0.454. The lowest BCUT2D eigenvalue weighted by Crippen LogP contribution is -2.10. The number of carbonyl (C=O) groups excluding carboxylic acids is 2. The quantitative estimate of drug-likeness (QED) is 0.456. The SMILES string of the molecule is CCCCC(=O)Oc1cccc2cccc(OC(=O)c3ccccc3)c12. The molecular formula is C22H20O4. The van der Waals surface area contributed by atoms with Crippen LogP contribution in [-0.2, 0) is 4.79 Å². The molecule has 0 aliphatic carbocycles. The van der Waals surface area contributed by atoms with Crippen LogP contribution in [0.5, 0.6) is 11.5 Å². The lowest BCUT2D eigenvalue weighted by atomic mass is 10.1. The molecule has 0 amide bonds. The Bertz CT molecular complexity index is 911. The molecule has 0 radical (unpaired) electrons. The fourth-order valence-electron chi connectivity index (χ4n) is 2.67. The van der Waals surface area contributed by atoms with Crippen molar-refractivity contribution in [2.24, 2.45) is 0 Å². The second-order valence-electron chi connectivity index (χ2n) is 5.94. The predicted octanol–water partition coefficient (Wildman–Crippen LogP) is 5.15. The van der Waals surface area contributed by atoms with Crippen LogP contribution in [0.4, 0.5) is 0 Å². The van der Waals surface area contributed by atoms with Gasteiger partial charge in [-0.1, -0.05) is 55.8 Å². The van der Waals surface area contributed by atoms with Gasteiger partial charge in [-0.15, -0.1) is 0 Å². The standard InChI is InChI=1S/C22H20O4/c1-2-3-15-20(23)25-18-13-7-11-16-12-8-14-19(21(16)18)26-22(24)17-9-5-4-6-10-17/h4-14H,2-3,15H2,1H3. The zero-order chi connectivity index (χ0) is 18.4. The van der Waals surface area contributed by atoms with E-state index in [9.17, 15) is 9.59 Å². The first-order chi connectivity index (χ1) is 12.7. The van der Waals surface area contributed by atoms with Gasteiger partial charge >= 0.3 is 11.9 Å². The molecule has 0 spiro atoms. The Hall–Kier alpha value is -3.14. The Morgan fingerprint density at radius 3 is 2.12 bits per heavy atom.